The smallest absolute Gasteiger partial charge is 0.241 e. The lowest BCUT2D eigenvalue weighted by molar-refractivity contribution is 0.171. The van der Waals surface area contributed by atoms with Gasteiger partial charge in [0.1, 0.15) is 13.2 Å². The SMILES string of the molecule is O=S(=O)(NCc1nnnn1C1CCCC1)c1ccc2c(c1)OCCO2. The van der Waals surface area contributed by atoms with Crippen LogP contribution in [-0.2, 0) is 16.6 Å². The lowest BCUT2D eigenvalue weighted by Gasteiger charge is -2.19. The van der Waals surface area contributed by atoms with E-state index >= 15 is 0 Å². The number of sulfonamides is 1. The first-order valence-corrected chi connectivity index (χ1v) is 9.78. The summed E-state index contributed by atoms with van der Waals surface area (Å²) in [5.41, 5.74) is 0. The molecule has 0 atom stereocenters. The summed E-state index contributed by atoms with van der Waals surface area (Å²) >= 11 is 0. The van der Waals surface area contributed by atoms with Gasteiger partial charge < -0.3 is 9.47 Å². The van der Waals surface area contributed by atoms with Crippen molar-refractivity contribution < 1.29 is 17.9 Å². The van der Waals surface area contributed by atoms with Crippen LogP contribution >= 0.6 is 0 Å². The van der Waals surface area contributed by atoms with Crippen molar-refractivity contribution in [3.8, 4) is 11.5 Å². The second kappa shape index (κ2) is 6.60. The Bertz CT molecular complexity index is 861. The van der Waals surface area contributed by atoms with Gasteiger partial charge in [0, 0.05) is 6.07 Å². The van der Waals surface area contributed by atoms with E-state index in [1.807, 2.05) is 0 Å². The maximum absolute atomic E-state index is 12.6. The molecule has 0 saturated heterocycles. The van der Waals surface area contributed by atoms with Gasteiger partial charge in [0.05, 0.1) is 17.5 Å². The van der Waals surface area contributed by atoms with Crippen molar-refractivity contribution in [1.82, 2.24) is 24.9 Å². The van der Waals surface area contributed by atoms with Crippen LogP contribution in [0.5, 0.6) is 11.5 Å². The molecule has 1 aliphatic carbocycles. The van der Waals surface area contributed by atoms with Crippen LogP contribution in [0.1, 0.15) is 37.5 Å². The van der Waals surface area contributed by atoms with Crippen LogP contribution in [0.15, 0.2) is 23.1 Å². The first-order chi connectivity index (χ1) is 12.1. The van der Waals surface area contributed by atoms with Crippen LogP contribution < -0.4 is 14.2 Å². The third kappa shape index (κ3) is 3.31. The lowest BCUT2D eigenvalue weighted by Crippen LogP contribution is -2.26. The van der Waals surface area contributed by atoms with Gasteiger partial charge in [-0.15, -0.1) is 5.10 Å². The van der Waals surface area contributed by atoms with E-state index in [1.165, 1.54) is 12.1 Å². The molecule has 10 heteroatoms. The van der Waals surface area contributed by atoms with Crippen molar-refractivity contribution in [1.29, 1.82) is 0 Å². The van der Waals surface area contributed by atoms with Gasteiger partial charge in [-0.2, -0.15) is 0 Å². The standard InChI is InChI=1S/C15H19N5O4S/c21-25(22,12-5-6-13-14(9-12)24-8-7-23-13)16-10-15-17-18-19-20(15)11-3-1-2-4-11/h5-6,9,11,16H,1-4,7-8,10H2. The van der Waals surface area contributed by atoms with Crippen LogP contribution in [0.3, 0.4) is 0 Å². The molecule has 0 unspecified atom stereocenters. The molecule has 4 rings (SSSR count). The summed E-state index contributed by atoms with van der Waals surface area (Å²) in [7, 11) is -3.70. The highest BCUT2D eigenvalue weighted by atomic mass is 32.2. The Balaban J connectivity index is 1.50. The molecule has 2 aliphatic rings. The van der Waals surface area contributed by atoms with E-state index in [9.17, 15) is 8.42 Å². The third-order valence-electron chi connectivity index (χ3n) is 4.48. The summed E-state index contributed by atoms with van der Waals surface area (Å²) in [6.07, 6.45) is 4.33. The molecule has 1 fully saturated rings. The first kappa shape index (κ1) is 16.3. The summed E-state index contributed by atoms with van der Waals surface area (Å²) in [6.45, 7) is 0.904. The van der Waals surface area contributed by atoms with Crippen molar-refractivity contribution in [2.24, 2.45) is 0 Å². The number of hydrogen-bond donors (Lipinski definition) is 1. The average Bonchev–Trinajstić information content (AvgIpc) is 3.30. The number of fused-ring (bicyclic) bond motifs is 1. The number of tetrazole rings is 1. The molecule has 1 N–H and O–H groups in total. The minimum absolute atomic E-state index is 0.0419. The van der Waals surface area contributed by atoms with Gasteiger partial charge in [0.15, 0.2) is 17.3 Å². The van der Waals surface area contributed by atoms with Crippen LogP contribution in [0, 0.1) is 0 Å². The molecule has 134 valence electrons. The number of nitrogens with zero attached hydrogens (tertiary/aromatic N) is 4. The predicted molar refractivity (Wildman–Crippen MR) is 86.8 cm³/mol. The van der Waals surface area contributed by atoms with E-state index in [0.29, 0.717) is 30.5 Å². The van der Waals surface area contributed by atoms with E-state index in [-0.39, 0.29) is 17.5 Å². The van der Waals surface area contributed by atoms with E-state index in [4.69, 9.17) is 9.47 Å². The Hall–Kier alpha value is -2.20. The van der Waals surface area contributed by atoms with E-state index in [1.54, 1.807) is 10.7 Å². The fraction of sp³-hybridized carbons (Fsp3) is 0.533. The first-order valence-electron chi connectivity index (χ1n) is 8.29. The van der Waals surface area contributed by atoms with Gasteiger partial charge in [-0.25, -0.2) is 17.8 Å². The molecular formula is C15H19N5O4S. The van der Waals surface area contributed by atoms with E-state index in [2.05, 4.69) is 20.2 Å². The second-order valence-corrected chi connectivity index (χ2v) is 7.87. The van der Waals surface area contributed by atoms with Gasteiger partial charge in [0.2, 0.25) is 10.0 Å². The maximum Gasteiger partial charge on any atom is 0.241 e. The van der Waals surface area contributed by atoms with Crippen molar-refractivity contribution in [2.45, 2.75) is 43.2 Å². The predicted octanol–water partition coefficient (Wildman–Crippen LogP) is 1.04. The van der Waals surface area contributed by atoms with Crippen molar-refractivity contribution >= 4 is 10.0 Å². The summed E-state index contributed by atoms with van der Waals surface area (Å²) < 4.78 is 40.3. The van der Waals surface area contributed by atoms with E-state index in [0.717, 1.165) is 25.7 Å². The molecule has 1 aliphatic heterocycles. The fourth-order valence-corrected chi connectivity index (χ4v) is 4.19. The molecule has 2 aromatic rings. The molecule has 25 heavy (non-hydrogen) atoms. The highest BCUT2D eigenvalue weighted by Gasteiger charge is 2.23. The molecule has 1 aromatic heterocycles. The molecule has 1 aromatic carbocycles. The molecule has 0 spiro atoms. The summed E-state index contributed by atoms with van der Waals surface area (Å²) in [5.74, 6) is 1.51. The zero-order valence-corrected chi connectivity index (χ0v) is 14.4. The number of rotatable bonds is 5. The van der Waals surface area contributed by atoms with E-state index < -0.39 is 10.0 Å². The summed E-state index contributed by atoms with van der Waals surface area (Å²) in [6, 6.07) is 4.82. The Morgan fingerprint density at radius 3 is 2.72 bits per heavy atom. The van der Waals surface area contributed by atoms with Gasteiger partial charge in [-0.3, -0.25) is 0 Å². The second-order valence-electron chi connectivity index (χ2n) is 6.11. The summed E-state index contributed by atoms with van der Waals surface area (Å²) in [4.78, 5) is 0.122. The minimum atomic E-state index is -3.70. The number of benzene rings is 1. The zero-order valence-electron chi connectivity index (χ0n) is 13.6. The van der Waals surface area contributed by atoms with Crippen molar-refractivity contribution in [3.05, 3.63) is 24.0 Å². The molecule has 1 saturated carbocycles. The maximum atomic E-state index is 12.6. The monoisotopic (exact) mass is 365 g/mol. The Morgan fingerprint density at radius 2 is 1.92 bits per heavy atom. The van der Waals surface area contributed by atoms with Crippen molar-refractivity contribution in [2.75, 3.05) is 13.2 Å². The molecular weight excluding hydrogens is 346 g/mol. The van der Waals surface area contributed by atoms with Crippen LogP contribution in [0.4, 0.5) is 0 Å². The molecule has 0 bridgehead atoms. The average molecular weight is 365 g/mol. The largest absolute Gasteiger partial charge is 0.486 e. The Labute approximate surface area is 145 Å². The number of aromatic nitrogens is 4. The fourth-order valence-electron chi connectivity index (χ4n) is 3.19. The van der Waals surface area contributed by atoms with Gasteiger partial charge >= 0.3 is 0 Å². The highest BCUT2D eigenvalue weighted by molar-refractivity contribution is 7.89. The van der Waals surface area contributed by atoms with Gasteiger partial charge in [0.25, 0.3) is 0 Å². The van der Waals surface area contributed by atoms with Gasteiger partial charge in [-0.05, 0) is 35.4 Å². The number of hydrogen-bond acceptors (Lipinski definition) is 7. The Kier molecular flexibility index (Phi) is 4.30. The molecule has 2 heterocycles. The number of ether oxygens (including phenoxy) is 2. The highest BCUT2D eigenvalue weighted by Crippen LogP contribution is 2.32. The van der Waals surface area contributed by atoms with Crippen molar-refractivity contribution in [3.63, 3.8) is 0 Å². The quantitative estimate of drug-likeness (QED) is 0.843. The summed E-state index contributed by atoms with van der Waals surface area (Å²) in [5, 5.41) is 11.7. The van der Waals surface area contributed by atoms with Crippen LogP contribution in [0.2, 0.25) is 0 Å². The third-order valence-corrected chi connectivity index (χ3v) is 5.87. The normalized spacial score (nSPS) is 17.8. The lowest BCUT2D eigenvalue weighted by atomic mass is 10.2. The molecule has 9 nitrogen and oxygen atoms in total. The zero-order chi connectivity index (χ0) is 17.3. The van der Waals surface area contributed by atoms with Gasteiger partial charge in [-0.1, -0.05) is 12.8 Å². The minimum Gasteiger partial charge on any atom is -0.486 e. The van der Waals surface area contributed by atoms with Crippen LogP contribution in [-0.4, -0.2) is 41.8 Å². The number of nitrogens with one attached hydrogen (secondary N) is 1. The Morgan fingerprint density at radius 1 is 1.16 bits per heavy atom. The molecule has 0 amide bonds. The topological polar surface area (TPSA) is 108 Å². The molecule has 0 radical (unpaired) electrons. The van der Waals surface area contributed by atoms with Crippen LogP contribution in [0.25, 0.3) is 0 Å².